The van der Waals surface area contributed by atoms with Crippen molar-refractivity contribution in [1.82, 2.24) is 4.98 Å². The Hall–Kier alpha value is -2.85. The lowest BCUT2D eigenvalue weighted by Crippen LogP contribution is -2.19. The van der Waals surface area contributed by atoms with Gasteiger partial charge in [0, 0.05) is 5.69 Å². The van der Waals surface area contributed by atoms with E-state index in [1.807, 2.05) is 0 Å². The maximum absolute atomic E-state index is 4.89. The SMILES string of the molecule is Cc1cccc(C)c1Nc1cccc2c1NC(c1nc3ccccc3s1)CC2. The van der Waals surface area contributed by atoms with E-state index in [-0.39, 0.29) is 6.04 Å². The van der Waals surface area contributed by atoms with Crippen LogP contribution < -0.4 is 10.6 Å². The molecule has 0 aliphatic carbocycles. The molecule has 140 valence electrons. The van der Waals surface area contributed by atoms with Gasteiger partial charge in [0.05, 0.1) is 27.6 Å². The lowest BCUT2D eigenvalue weighted by molar-refractivity contribution is 0.665. The zero-order valence-corrected chi connectivity index (χ0v) is 16.9. The first kappa shape index (κ1) is 17.3. The minimum atomic E-state index is 0.255. The topological polar surface area (TPSA) is 37.0 Å². The Labute approximate surface area is 169 Å². The van der Waals surface area contributed by atoms with Crippen LogP contribution in [0.4, 0.5) is 17.1 Å². The Morgan fingerprint density at radius 3 is 2.57 bits per heavy atom. The average molecular weight is 386 g/mol. The molecule has 4 heteroatoms. The van der Waals surface area contributed by atoms with Crippen molar-refractivity contribution in [1.29, 1.82) is 0 Å². The van der Waals surface area contributed by atoms with E-state index in [4.69, 9.17) is 4.98 Å². The van der Waals surface area contributed by atoms with E-state index in [1.54, 1.807) is 11.3 Å². The molecule has 0 radical (unpaired) electrons. The molecular weight excluding hydrogens is 362 g/mol. The van der Waals surface area contributed by atoms with Gasteiger partial charge < -0.3 is 10.6 Å². The molecule has 1 aliphatic heterocycles. The van der Waals surface area contributed by atoms with E-state index in [9.17, 15) is 0 Å². The zero-order chi connectivity index (χ0) is 19.1. The van der Waals surface area contributed by atoms with Gasteiger partial charge in [0.15, 0.2) is 0 Å². The highest BCUT2D eigenvalue weighted by Crippen LogP contribution is 2.40. The number of thiazole rings is 1. The summed E-state index contributed by atoms with van der Waals surface area (Å²) in [5.41, 5.74) is 8.53. The van der Waals surface area contributed by atoms with Crippen molar-refractivity contribution in [2.24, 2.45) is 0 Å². The number of anilines is 3. The lowest BCUT2D eigenvalue weighted by Gasteiger charge is -2.28. The maximum atomic E-state index is 4.89. The molecule has 0 spiro atoms. The highest BCUT2D eigenvalue weighted by molar-refractivity contribution is 7.18. The standard InChI is InChI=1S/C24H23N3S/c1-15-7-5-8-16(2)22(15)25-19-11-6-9-17-13-14-20(26-23(17)19)24-27-18-10-3-4-12-21(18)28-24/h3-12,20,25-26H,13-14H2,1-2H3. The molecule has 5 rings (SSSR count). The van der Waals surface area contributed by atoms with Crippen LogP contribution in [-0.2, 0) is 6.42 Å². The summed E-state index contributed by atoms with van der Waals surface area (Å²) in [6.45, 7) is 4.31. The Kier molecular flexibility index (Phi) is 4.29. The Balaban J connectivity index is 1.49. The Bertz CT molecular complexity index is 1110. The summed E-state index contributed by atoms with van der Waals surface area (Å²) < 4.78 is 1.26. The first-order chi connectivity index (χ1) is 13.7. The molecule has 3 aromatic carbocycles. The quantitative estimate of drug-likeness (QED) is 0.409. The first-order valence-corrected chi connectivity index (χ1v) is 10.6. The molecule has 0 bridgehead atoms. The van der Waals surface area contributed by atoms with Crippen LogP contribution in [0.2, 0.25) is 0 Å². The van der Waals surface area contributed by atoms with Crippen LogP contribution in [0.5, 0.6) is 0 Å². The van der Waals surface area contributed by atoms with E-state index in [1.165, 1.54) is 37.8 Å². The van der Waals surface area contributed by atoms with Gasteiger partial charge in [0.1, 0.15) is 5.01 Å². The fourth-order valence-corrected chi connectivity index (χ4v) is 5.05. The third-order valence-corrected chi connectivity index (χ3v) is 6.67. The highest BCUT2D eigenvalue weighted by Gasteiger charge is 2.24. The summed E-state index contributed by atoms with van der Waals surface area (Å²) in [6.07, 6.45) is 2.13. The number of rotatable bonds is 3. The second-order valence-corrected chi connectivity index (χ2v) is 8.55. The van der Waals surface area contributed by atoms with Gasteiger partial charge in [-0.3, -0.25) is 0 Å². The van der Waals surface area contributed by atoms with Crippen molar-refractivity contribution in [3.63, 3.8) is 0 Å². The van der Waals surface area contributed by atoms with E-state index in [0.717, 1.165) is 24.0 Å². The molecule has 0 saturated carbocycles. The highest BCUT2D eigenvalue weighted by atomic mass is 32.1. The van der Waals surface area contributed by atoms with Gasteiger partial charge in [-0.05, 0) is 61.6 Å². The molecule has 4 aromatic rings. The van der Waals surface area contributed by atoms with Gasteiger partial charge in [-0.2, -0.15) is 0 Å². The third kappa shape index (κ3) is 3.04. The monoisotopic (exact) mass is 385 g/mol. The van der Waals surface area contributed by atoms with Crippen LogP contribution in [0.3, 0.4) is 0 Å². The molecule has 0 amide bonds. The maximum Gasteiger partial charge on any atom is 0.116 e. The van der Waals surface area contributed by atoms with E-state index in [0.29, 0.717) is 0 Å². The number of benzene rings is 3. The van der Waals surface area contributed by atoms with Crippen molar-refractivity contribution < 1.29 is 0 Å². The second-order valence-electron chi connectivity index (χ2n) is 7.49. The van der Waals surface area contributed by atoms with Crippen LogP contribution in [0.15, 0.2) is 60.7 Å². The molecule has 0 saturated heterocycles. The van der Waals surface area contributed by atoms with Gasteiger partial charge >= 0.3 is 0 Å². The third-order valence-electron chi connectivity index (χ3n) is 5.52. The summed E-state index contributed by atoms with van der Waals surface area (Å²) >= 11 is 1.80. The summed E-state index contributed by atoms with van der Waals surface area (Å²) in [7, 11) is 0. The largest absolute Gasteiger partial charge is 0.374 e. The summed E-state index contributed by atoms with van der Waals surface area (Å²) in [5.74, 6) is 0. The molecule has 2 N–H and O–H groups in total. The number of nitrogens with zero attached hydrogens (tertiary/aromatic N) is 1. The van der Waals surface area contributed by atoms with Gasteiger partial charge in [-0.15, -0.1) is 11.3 Å². The average Bonchev–Trinajstić information content (AvgIpc) is 3.15. The summed E-state index contributed by atoms with van der Waals surface area (Å²) in [5, 5.41) is 8.65. The van der Waals surface area contributed by atoms with Crippen LogP contribution in [-0.4, -0.2) is 4.98 Å². The molecule has 0 fully saturated rings. The van der Waals surface area contributed by atoms with Crippen LogP contribution in [0.25, 0.3) is 10.2 Å². The van der Waals surface area contributed by atoms with Crippen molar-refractivity contribution in [3.05, 3.63) is 82.4 Å². The van der Waals surface area contributed by atoms with E-state index in [2.05, 4.69) is 85.1 Å². The van der Waals surface area contributed by atoms with Gasteiger partial charge in [-0.25, -0.2) is 4.98 Å². The van der Waals surface area contributed by atoms with Crippen molar-refractivity contribution in [2.75, 3.05) is 10.6 Å². The Morgan fingerprint density at radius 2 is 1.75 bits per heavy atom. The fourth-order valence-electron chi connectivity index (χ4n) is 4.00. The Morgan fingerprint density at radius 1 is 0.964 bits per heavy atom. The lowest BCUT2D eigenvalue weighted by atomic mass is 9.97. The molecule has 1 unspecified atom stereocenters. The van der Waals surface area contributed by atoms with Gasteiger partial charge in [0.25, 0.3) is 0 Å². The molecular formula is C24H23N3S. The molecule has 1 aromatic heterocycles. The molecule has 3 nitrogen and oxygen atoms in total. The molecule has 28 heavy (non-hydrogen) atoms. The number of aryl methyl sites for hydroxylation is 3. The number of hydrogen-bond acceptors (Lipinski definition) is 4. The number of aromatic nitrogens is 1. The zero-order valence-electron chi connectivity index (χ0n) is 16.1. The van der Waals surface area contributed by atoms with Crippen LogP contribution in [0.1, 0.15) is 34.2 Å². The fraction of sp³-hybridized carbons (Fsp3) is 0.208. The number of nitrogens with one attached hydrogen (secondary N) is 2. The second kappa shape index (κ2) is 6.95. The van der Waals surface area contributed by atoms with Crippen LogP contribution in [0, 0.1) is 13.8 Å². The van der Waals surface area contributed by atoms with Crippen molar-refractivity contribution in [3.8, 4) is 0 Å². The predicted octanol–water partition coefficient (Wildman–Crippen LogP) is 6.76. The summed E-state index contributed by atoms with van der Waals surface area (Å²) in [6, 6.07) is 21.6. The van der Waals surface area contributed by atoms with Crippen molar-refractivity contribution in [2.45, 2.75) is 32.7 Å². The number of hydrogen-bond donors (Lipinski definition) is 2. The smallest absolute Gasteiger partial charge is 0.116 e. The minimum absolute atomic E-state index is 0.255. The first-order valence-electron chi connectivity index (χ1n) is 9.76. The summed E-state index contributed by atoms with van der Waals surface area (Å²) in [4.78, 5) is 4.89. The molecule has 1 aliphatic rings. The van der Waals surface area contributed by atoms with E-state index >= 15 is 0 Å². The number of para-hydroxylation sites is 3. The van der Waals surface area contributed by atoms with Gasteiger partial charge in [0.2, 0.25) is 0 Å². The van der Waals surface area contributed by atoms with E-state index < -0.39 is 0 Å². The van der Waals surface area contributed by atoms with Gasteiger partial charge in [-0.1, -0.05) is 42.5 Å². The van der Waals surface area contributed by atoms with Crippen LogP contribution >= 0.6 is 11.3 Å². The predicted molar refractivity (Wildman–Crippen MR) is 120 cm³/mol. The number of fused-ring (bicyclic) bond motifs is 2. The van der Waals surface area contributed by atoms with Crippen molar-refractivity contribution >= 4 is 38.6 Å². The normalized spacial score (nSPS) is 15.9. The molecule has 1 atom stereocenters. The minimum Gasteiger partial charge on any atom is -0.374 e. The molecule has 2 heterocycles.